The van der Waals surface area contributed by atoms with Gasteiger partial charge in [0.15, 0.2) is 0 Å². The molecular weight excluding hydrogens is 271 g/mol. The fourth-order valence-electron chi connectivity index (χ4n) is 1.75. The van der Waals surface area contributed by atoms with Crippen molar-refractivity contribution in [1.82, 2.24) is 4.98 Å². The van der Waals surface area contributed by atoms with Gasteiger partial charge in [0.25, 0.3) is 5.91 Å². The number of carbonyl (C=O) groups excluding carboxylic acids is 1. The summed E-state index contributed by atoms with van der Waals surface area (Å²) in [5.41, 5.74) is 1.46. The highest BCUT2D eigenvalue weighted by Gasteiger charge is 2.12. The zero-order valence-electron chi connectivity index (χ0n) is 11.4. The Morgan fingerprint density at radius 3 is 2.90 bits per heavy atom. The standard InChI is InChI=1S/C16H13FN2O2/c1-11-13(5-2-8-18-11)16(21)19-15-7-6-12(4-3-9-20)10-14(15)17/h2,5-8,10,20H,9H2,1H3,(H,19,21). The van der Waals surface area contributed by atoms with Crippen molar-refractivity contribution in [3.05, 3.63) is 59.2 Å². The molecule has 0 radical (unpaired) electrons. The minimum atomic E-state index is -0.588. The van der Waals surface area contributed by atoms with Gasteiger partial charge < -0.3 is 10.4 Å². The summed E-state index contributed by atoms with van der Waals surface area (Å²) in [5, 5.41) is 11.1. The average Bonchev–Trinajstić information content (AvgIpc) is 2.48. The normalized spacial score (nSPS) is 9.67. The summed E-state index contributed by atoms with van der Waals surface area (Å²) in [6.07, 6.45) is 1.58. The Morgan fingerprint density at radius 1 is 1.43 bits per heavy atom. The highest BCUT2D eigenvalue weighted by atomic mass is 19.1. The van der Waals surface area contributed by atoms with Gasteiger partial charge in [-0.1, -0.05) is 11.8 Å². The van der Waals surface area contributed by atoms with Crippen LogP contribution >= 0.6 is 0 Å². The Morgan fingerprint density at radius 2 is 2.24 bits per heavy atom. The molecule has 0 spiro atoms. The second kappa shape index (κ2) is 6.64. The van der Waals surface area contributed by atoms with Crippen molar-refractivity contribution < 1.29 is 14.3 Å². The van der Waals surface area contributed by atoms with Crippen molar-refractivity contribution in [2.75, 3.05) is 11.9 Å². The number of hydrogen-bond donors (Lipinski definition) is 2. The lowest BCUT2D eigenvalue weighted by molar-refractivity contribution is 0.102. The molecule has 0 saturated carbocycles. The summed E-state index contributed by atoms with van der Waals surface area (Å²) in [6, 6.07) is 7.47. The molecule has 0 atom stereocenters. The highest BCUT2D eigenvalue weighted by molar-refractivity contribution is 6.05. The lowest BCUT2D eigenvalue weighted by Gasteiger charge is -2.08. The molecule has 2 aromatic rings. The van der Waals surface area contributed by atoms with Crippen molar-refractivity contribution in [2.45, 2.75) is 6.92 Å². The number of benzene rings is 1. The highest BCUT2D eigenvalue weighted by Crippen LogP contribution is 2.17. The van der Waals surface area contributed by atoms with Gasteiger partial charge in [-0.3, -0.25) is 9.78 Å². The van der Waals surface area contributed by atoms with Gasteiger partial charge in [-0.25, -0.2) is 4.39 Å². The van der Waals surface area contributed by atoms with E-state index in [9.17, 15) is 9.18 Å². The molecule has 21 heavy (non-hydrogen) atoms. The van der Waals surface area contributed by atoms with Crippen molar-refractivity contribution >= 4 is 11.6 Å². The van der Waals surface area contributed by atoms with Gasteiger partial charge in [-0.05, 0) is 37.3 Å². The number of pyridine rings is 1. The fraction of sp³-hybridized carbons (Fsp3) is 0.125. The van der Waals surface area contributed by atoms with E-state index in [1.807, 2.05) is 0 Å². The van der Waals surface area contributed by atoms with Crippen LogP contribution in [0, 0.1) is 24.6 Å². The molecule has 1 heterocycles. The number of nitrogens with one attached hydrogen (secondary N) is 1. The maximum Gasteiger partial charge on any atom is 0.257 e. The minimum Gasteiger partial charge on any atom is -0.384 e. The van der Waals surface area contributed by atoms with Crippen molar-refractivity contribution in [2.24, 2.45) is 0 Å². The first-order valence-electron chi connectivity index (χ1n) is 6.24. The van der Waals surface area contributed by atoms with Crippen LogP contribution in [0.1, 0.15) is 21.6 Å². The molecule has 0 aliphatic rings. The smallest absolute Gasteiger partial charge is 0.257 e. The first kappa shape index (κ1) is 14.7. The van der Waals surface area contributed by atoms with Crippen LogP contribution < -0.4 is 5.32 Å². The van der Waals surface area contributed by atoms with E-state index in [2.05, 4.69) is 22.1 Å². The van der Waals surface area contributed by atoms with Crippen LogP contribution in [0.15, 0.2) is 36.5 Å². The van der Waals surface area contributed by atoms with Crippen molar-refractivity contribution in [3.63, 3.8) is 0 Å². The molecule has 4 nitrogen and oxygen atoms in total. The maximum atomic E-state index is 13.9. The summed E-state index contributed by atoms with van der Waals surface area (Å²) >= 11 is 0. The third-order valence-corrected chi connectivity index (χ3v) is 2.78. The molecule has 2 N–H and O–H groups in total. The molecule has 5 heteroatoms. The lowest BCUT2D eigenvalue weighted by atomic mass is 10.1. The van der Waals surface area contributed by atoms with Crippen LogP contribution in [0.2, 0.25) is 0 Å². The molecule has 106 valence electrons. The van der Waals surface area contributed by atoms with Crippen LogP contribution in [0.4, 0.5) is 10.1 Å². The van der Waals surface area contributed by atoms with Crippen LogP contribution in [0.5, 0.6) is 0 Å². The van der Waals surface area contributed by atoms with E-state index in [0.717, 1.165) is 0 Å². The zero-order chi connectivity index (χ0) is 15.2. The van der Waals surface area contributed by atoms with Gasteiger partial charge in [0.2, 0.25) is 0 Å². The Bertz CT molecular complexity index is 733. The summed E-state index contributed by atoms with van der Waals surface area (Å²) < 4.78 is 13.9. The number of amides is 1. The SMILES string of the molecule is Cc1ncccc1C(=O)Nc1ccc(C#CCO)cc1F. The van der Waals surface area contributed by atoms with Gasteiger partial charge in [-0.15, -0.1) is 0 Å². The van der Waals surface area contributed by atoms with E-state index in [0.29, 0.717) is 16.8 Å². The topological polar surface area (TPSA) is 62.2 Å². The number of halogens is 1. The Balaban J connectivity index is 2.20. The molecule has 1 aromatic carbocycles. The second-order valence-electron chi connectivity index (χ2n) is 4.25. The van der Waals surface area contributed by atoms with Gasteiger partial charge in [-0.2, -0.15) is 0 Å². The first-order valence-corrected chi connectivity index (χ1v) is 6.24. The Hall–Kier alpha value is -2.71. The first-order chi connectivity index (χ1) is 10.1. The quantitative estimate of drug-likeness (QED) is 0.830. The number of aliphatic hydroxyl groups is 1. The van der Waals surface area contributed by atoms with Crippen molar-refractivity contribution in [3.8, 4) is 11.8 Å². The third-order valence-electron chi connectivity index (χ3n) is 2.78. The molecule has 0 aliphatic heterocycles. The zero-order valence-corrected chi connectivity index (χ0v) is 11.4. The summed E-state index contributed by atoms with van der Waals surface area (Å²) in [6.45, 7) is 1.42. The van der Waals surface area contributed by atoms with Crippen LogP contribution in [0.3, 0.4) is 0 Å². The minimum absolute atomic E-state index is 0.0674. The number of nitrogens with zero attached hydrogens (tertiary/aromatic N) is 1. The van der Waals surface area contributed by atoms with Gasteiger partial charge in [0.05, 0.1) is 11.3 Å². The molecule has 0 unspecified atom stereocenters. The summed E-state index contributed by atoms with van der Waals surface area (Å²) in [5.74, 6) is 4.01. The maximum absolute atomic E-state index is 13.9. The van der Waals surface area contributed by atoms with Gasteiger partial charge in [0, 0.05) is 17.5 Å². The number of carbonyl (C=O) groups is 1. The number of aromatic nitrogens is 1. The molecule has 0 bridgehead atoms. The third kappa shape index (κ3) is 3.65. The summed E-state index contributed by atoms with van der Waals surface area (Å²) in [4.78, 5) is 16.1. The van der Waals surface area contributed by atoms with Gasteiger partial charge >= 0.3 is 0 Å². The fourth-order valence-corrected chi connectivity index (χ4v) is 1.75. The molecule has 1 amide bonds. The van der Waals surface area contributed by atoms with E-state index in [1.165, 1.54) is 12.1 Å². The van der Waals surface area contributed by atoms with Gasteiger partial charge in [0.1, 0.15) is 12.4 Å². The predicted octanol–water partition coefficient (Wildman–Crippen LogP) is 2.13. The molecule has 2 rings (SSSR count). The van der Waals surface area contributed by atoms with E-state index in [4.69, 9.17) is 5.11 Å². The van der Waals surface area contributed by atoms with Crippen LogP contribution in [-0.2, 0) is 0 Å². The van der Waals surface area contributed by atoms with E-state index in [-0.39, 0.29) is 12.3 Å². The monoisotopic (exact) mass is 284 g/mol. The van der Waals surface area contributed by atoms with Crippen molar-refractivity contribution in [1.29, 1.82) is 0 Å². The molecule has 0 aliphatic carbocycles. The average molecular weight is 284 g/mol. The van der Waals surface area contributed by atoms with E-state index >= 15 is 0 Å². The largest absolute Gasteiger partial charge is 0.384 e. The number of rotatable bonds is 2. The predicted molar refractivity (Wildman–Crippen MR) is 77.3 cm³/mol. The molecule has 0 saturated heterocycles. The molecule has 0 fully saturated rings. The van der Waals surface area contributed by atoms with E-state index < -0.39 is 11.7 Å². The number of aryl methyl sites for hydroxylation is 1. The van der Waals surface area contributed by atoms with Crippen LogP contribution in [-0.4, -0.2) is 22.6 Å². The summed E-state index contributed by atoms with van der Waals surface area (Å²) in [7, 11) is 0. The lowest BCUT2D eigenvalue weighted by Crippen LogP contribution is -2.14. The van der Waals surface area contributed by atoms with E-state index in [1.54, 1.807) is 31.3 Å². The molecular formula is C16H13FN2O2. The number of anilines is 1. The Labute approximate surface area is 121 Å². The van der Waals surface area contributed by atoms with Crippen LogP contribution in [0.25, 0.3) is 0 Å². The number of aliphatic hydroxyl groups excluding tert-OH is 1. The second-order valence-corrected chi connectivity index (χ2v) is 4.25. The molecule has 1 aromatic heterocycles. The Kier molecular flexibility index (Phi) is 4.64. The number of hydrogen-bond acceptors (Lipinski definition) is 3.